The quantitative estimate of drug-likeness (QED) is 0.529. The van der Waals surface area contributed by atoms with E-state index in [4.69, 9.17) is 4.42 Å². The van der Waals surface area contributed by atoms with Crippen LogP contribution in [0.15, 0.2) is 46.9 Å². The van der Waals surface area contributed by atoms with Crippen LogP contribution in [-0.4, -0.2) is 0 Å². The summed E-state index contributed by atoms with van der Waals surface area (Å²) >= 11 is 0. The molecule has 1 aromatic heterocycles. The number of furan rings is 1. The van der Waals surface area contributed by atoms with Crippen LogP contribution in [0.1, 0.15) is 39.2 Å². The SMILES string of the molecule is CC.CC(C)c1cccc2oc3ccccc3c12. The van der Waals surface area contributed by atoms with Crippen LogP contribution in [0.2, 0.25) is 0 Å². The van der Waals surface area contributed by atoms with Crippen LogP contribution >= 0.6 is 0 Å². The Kier molecular flexibility index (Phi) is 3.71. The van der Waals surface area contributed by atoms with Gasteiger partial charge in [-0.15, -0.1) is 0 Å². The van der Waals surface area contributed by atoms with Gasteiger partial charge in [0.15, 0.2) is 0 Å². The Bertz CT molecular complexity index is 647. The number of benzene rings is 2. The molecule has 0 bridgehead atoms. The summed E-state index contributed by atoms with van der Waals surface area (Å²) in [6.45, 7) is 8.44. The Morgan fingerprint density at radius 3 is 2.22 bits per heavy atom. The summed E-state index contributed by atoms with van der Waals surface area (Å²) in [6, 6.07) is 14.5. The van der Waals surface area contributed by atoms with Gasteiger partial charge in [0.05, 0.1) is 0 Å². The summed E-state index contributed by atoms with van der Waals surface area (Å²) in [4.78, 5) is 0. The molecular weight excluding hydrogens is 220 g/mol. The first-order valence-electron chi connectivity index (χ1n) is 6.67. The minimum absolute atomic E-state index is 0.518. The van der Waals surface area contributed by atoms with Crippen molar-refractivity contribution in [2.24, 2.45) is 0 Å². The van der Waals surface area contributed by atoms with E-state index in [-0.39, 0.29) is 0 Å². The summed E-state index contributed by atoms with van der Waals surface area (Å²) in [6.07, 6.45) is 0. The van der Waals surface area contributed by atoms with Gasteiger partial charge in [-0.05, 0) is 23.6 Å². The topological polar surface area (TPSA) is 13.1 Å². The van der Waals surface area contributed by atoms with E-state index in [0.717, 1.165) is 11.2 Å². The lowest BCUT2D eigenvalue weighted by Gasteiger charge is -2.06. The molecule has 1 heterocycles. The fourth-order valence-electron chi connectivity index (χ4n) is 2.28. The lowest BCUT2D eigenvalue weighted by molar-refractivity contribution is 0.668. The van der Waals surface area contributed by atoms with E-state index in [0.29, 0.717) is 5.92 Å². The molecule has 3 aromatic rings. The first kappa shape index (κ1) is 12.7. The first-order valence-corrected chi connectivity index (χ1v) is 6.67. The zero-order valence-corrected chi connectivity index (χ0v) is 11.5. The predicted molar refractivity (Wildman–Crippen MR) is 79.2 cm³/mol. The second kappa shape index (κ2) is 5.26. The van der Waals surface area contributed by atoms with Crippen LogP contribution in [0.5, 0.6) is 0 Å². The fraction of sp³-hybridized carbons (Fsp3) is 0.294. The molecule has 1 nitrogen and oxygen atoms in total. The van der Waals surface area contributed by atoms with Gasteiger partial charge >= 0.3 is 0 Å². The molecule has 0 aliphatic heterocycles. The molecule has 0 N–H and O–H groups in total. The van der Waals surface area contributed by atoms with Crippen LogP contribution in [0.4, 0.5) is 0 Å². The molecule has 0 saturated heterocycles. The van der Waals surface area contributed by atoms with Crippen molar-refractivity contribution < 1.29 is 4.42 Å². The van der Waals surface area contributed by atoms with Gasteiger partial charge in [-0.25, -0.2) is 0 Å². The van der Waals surface area contributed by atoms with Gasteiger partial charge in [-0.1, -0.05) is 58.0 Å². The van der Waals surface area contributed by atoms with Gasteiger partial charge in [0, 0.05) is 10.8 Å². The standard InChI is InChI=1S/C15H14O.C2H6/c1-10(2)11-7-5-9-14-15(11)12-6-3-4-8-13(12)16-14;1-2/h3-10H,1-2H3;1-2H3. The first-order chi connectivity index (χ1) is 8.77. The maximum atomic E-state index is 5.84. The van der Waals surface area contributed by atoms with E-state index in [9.17, 15) is 0 Å². The van der Waals surface area contributed by atoms with Crippen molar-refractivity contribution in [3.8, 4) is 0 Å². The third-order valence-electron chi connectivity index (χ3n) is 3.06. The number of rotatable bonds is 1. The van der Waals surface area contributed by atoms with Crippen molar-refractivity contribution in [1.82, 2.24) is 0 Å². The van der Waals surface area contributed by atoms with E-state index in [1.54, 1.807) is 0 Å². The Balaban J connectivity index is 0.000000574. The molecule has 0 saturated carbocycles. The molecule has 3 rings (SSSR count). The molecule has 0 aliphatic carbocycles. The van der Waals surface area contributed by atoms with E-state index in [1.807, 2.05) is 32.0 Å². The highest BCUT2D eigenvalue weighted by molar-refractivity contribution is 6.06. The lowest BCUT2D eigenvalue weighted by Crippen LogP contribution is -1.87. The maximum absolute atomic E-state index is 5.84. The molecule has 0 unspecified atom stereocenters. The summed E-state index contributed by atoms with van der Waals surface area (Å²) in [7, 11) is 0. The Morgan fingerprint density at radius 2 is 1.50 bits per heavy atom. The molecule has 94 valence electrons. The van der Waals surface area contributed by atoms with Crippen LogP contribution in [0.3, 0.4) is 0 Å². The minimum Gasteiger partial charge on any atom is -0.456 e. The molecule has 0 spiro atoms. The lowest BCUT2D eigenvalue weighted by atomic mass is 9.97. The van der Waals surface area contributed by atoms with Crippen molar-refractivity contribution in [2.45, 2.75) is 33.6 Å². The molecule has 0 amide bonds. The maximum Gasteiger partial charge on any atom is 0.135 e. The smallest absolute Gasteiger partial charge is 0.135 e. The molecule has 2 aromatic carbocycles. The van der Waals surface area contributed by atoms with E-state index in [1.165, 1.54) is 16.3 Å². The van der Waals surface area contributed by atoms with Gasteiger partial charge in [0.1, 0.15) is 11.2 Å². The van der Waals surface area contributed by atoms with Crippen molar-refractivity contribution >= 4 is 21.9 Å². The van der Waals surface area contributed by atoms with Gasteiger partial charge in [-0.2, -0.15) is 0 Å². The molecule has 0 atom stereocenters. The van der Waals surface area contributed by atoms with Crippen molar-refractivity contribution in [3.63, 3.8) is 0 Å². The third-order valence-corrected chi connectivity index (χ3v) is 3.06. The molecule has 0 fully saturated rings. The largest absolute Gasteiger partial charge is 0.456 e. The number of hydrogen-bond acceptors (Lipinski definition) is 1. The number of hydrogen-bond donors (Lipinski definition) is 0. The third kappa shape index (κ3) is 2.01. The Hall–Kier alpha value is -1.76. The molecular formula is C17H20O. The van der Waals surface area contributed by atoms with E-state index < -0.39 is 0 Å². The number of fused-ring (bicyclic) bond motifs is 3. The van der Waals surface area contributed by atoms with E-state index in [2.05, 4.69) is 38.1 Å². The molecule has 1 heteroatoms. The second-order valence-corrected chi connectivity index (χ2v) is 4.47. The van der Waals surface area contributed by atoms with Gasteiger partial charge in [-0.3, -0.25) is 0 Å². The van der Waals surface area contributed by atoms with Gasteiger partial charge < -0.3 is 4.42 Å². The van der Waals surface area contributed by atoms with Crippen molar-refractivity contribution in [3.05, 3.63) is 48.0 Å². The van der Waals surface area contributed by atoms with Gasteiger partial charge in [0.25, 0.3) is 0 Å². The van der Waals surface area contributed by atoms with Crippen LogP contribution in [0.25, 0.3) is 21.9 Å². The Morgan fingerprint density at radius 1 is 0.833 bits per heavy atom. The van der Waals surface area contributed by atoms with Crippen LogP contribution in [0, 0.1) is 0 Å². The van der Waals surface area contributed by atoms with Gasteiger partial charge in [0.2, 0.25) is 0 Å². The second-order valence-electron chi connectivity index (χ2n) is 4.47. The zero-order chi connectivity index (χ0) is 13.1. The van der Waals surface area contributed by atoms with E-state index >= 15 is 0 Å². The predicted octanol–water partition coefficient (Wildman–Crippen LogP) is 5.74. The number of para-hydroxylation sites is 1. The summed E-state index contributed by atoms with van der Waals surface area (Å²) < 4.78 is 5.84. The van der Waals surface area contributed by atoms with Crippen LogP contribution in [-0.2, 0) is 0 Å². The normalized spacial score (nSPS) is 10.7. The van der Waals surface area contributed by atoms with Crippen molar-refractivity contribution in [1.29, 1.82) is 0 Å². The van der Waals surface area contributed by atoms with Crippen molar-refractivity contribution in [2.75, 3.05) is 0 Å². The van der Waals surface area contributed by atoms with Crippen LogP contribution < -0.4 is 0 Å². The summed E-state index contributed by atoms with van der Waals surface area (Å²) in [5, 5.41) is 2.50. The molecule has 0 radical (unpaired) electrons. The molecule has 0 aliphatic rings. The highest BCUT2D eigenvalue weighted by Gasteiger charge is 2.11. The zero-order valence-electron chi connectivity index (χ0n) is 11.5. The Labute approximate surface area is 108 Å². The summed E-state index contributed by atoms with van der Waals surface area (Å²) in [5.41, 5.74) is 3.33. The average molecular weight is 240 g/mol. The fourth-order valence-corrected chi connectivity index (χ4v) is 2.28. The highest BCUT2D eigenvalue weighted by atomic mass is 16.3. The molecule has 18 heavy (non-hydrogen) atoms. The highest BCUT2D eigenvalue weighted by Crippen LogP contribution is 2.34. The monoisotopic (exact) mass is 240 g/mol. The minimum atomic E-state index is 0.518. The summed E-state index contributed by atoms with van der Waals surface area (Å²) in [5.74, 6) is 0.518. The average Bonchev–Trinajstić information content (AvgIpc) is 2.79.